The molecule has 0 amide bonds. The molecule has 0 aromatic carbocycles. The van der Waals surface area contributed by atoms with Gasteiger partial charge in [0.15, 0.2) is 5.16 Å². The van der Waals surface area contributed by atoms with E-state index in [2.05, 4.69) is 10.1 Å². The molecule has 1 N–H and O–H groups in total. The van der Waals surface area contributed by atoms with E-state index in [1.807, 2.05) is 0 Å². The zero-order valence-electron chi connectivity index (χ0n) is 6.17. The molecule has 0 spiro atoms. The maximum Gasteiger partial charge on any atom is 0.309 e. The van der Waals surface area contributed by atoms with Crippen molar-refractivity contribution in [1.29, 1.82) is 0 Å². The molecule has 1 aromatic rings. The number of fused-ring (bicyclic) bond motifs is 1. The van der Waals surface area contributed by atoms with Crippen molar-refractivity contribution in [3.63, 3.8) is 0 Å². The summed E-state index contributed by atoms with van der Waals surface area (Å²) >= 11 is 1.44. The fourth-order valence-electron chi connectivity index (χ4n) is 1.08. The Balaban J connectivity index is 2.20. The minimum atomic E-state index is -0.761. The van der Waals surface area contributed by atoms with Crippen LogP contribution in [-0.2, 0) is 11.3 Å². The third-order valence-electron chi connectivity index (χ3n) is 1.74. The lowest BCUT2D eigenvalue weighted by Crippen LogP contribution is -2.26. The smallest absolute Gasteiger partial charge is 0.309 e. The predicted molar refractivity (Wildman–Crippen MR) is 41.9 cm³/mol. The molecule has 0 fully saturated rings. The second kappa shape index (κ2) is 2.78. The number of thioether (sulfide) groups is 1. The maximum atomic E-state index is 10.6. The van der Waals surface area contributed by atoms with Crippen molar-refractivity contribution in [1.82, 2.24) is 14.8 Å². The largest absolute Gasteiger partial charge is 0.481 e. The van der Waals surface area contributed by atoms with Gasteiger partial charge in [0.1, 0.15) is 6.33 Å². The van der Waals surface area contributed by atoms with E-state index in [1.165, 1.54) is 18.1 Å². The summed E-state index contributed by atoms with van der Waals surface area (Å²) in [5.74, 6) is -0.499. The number of hydrogen-bond donors (Lipinski definition) is 1. The molecule has 0 bridgehead atoms. The van der Waals surface area contributed by atoms with Crippen molar-refractivity contribution in [2.75, 3.05) is 5.75 Å². The van der Waals surface area contributed by atoms with E-state index in [0.29, 0.717) is 12.3 Å². The number of aliphatic carboxylic acids is 1. The van der Waals surface area contributed by atoms with Crippen LogP contribution < -0.4 is 0 Å². The van der Waals surface area contributed by atoms with Crippen molar-refractivity contribution < 1.29 is 9.90 Å². The molecule has 6 heteroatoms. The van der Waals surface area contributed by atoms with Gasteiger partial charge in [-0.2, -0.15) is 5.10 Å². The van der Waals surface area contributed by atoms with Crippen molar-refractivity contribution in [2.24, 2.45) is 5.92 Å². The standard InChI is InChI=1S/C6H7N3O2S/c10-5(11)4-1-9-6(12-2-4)7-3-8-9/h3-4H,1-2H2,(H,10,11). The summed E-state index contributed by atoms with van der Waals surface area (Å²) < 4.78 is 1.63. The highest BCUT2D eigenvalue weighted by molar-refractivity contribution is 7.99. The monoisotopic (exact) mass is 185 g/mol. The molecule has 1 aliphatic heterocycles. The van der Waals surface area contributed by atoms with Crippen molar-refractivity contribution in [3.8, 4) is 0 Å². The average molecular weight is 185 g/mol. The van der Waals surface area contributed by atoms with Crippen molar-refractivity contribution in [3.05, 3.63) is 6.33 Å². The van der Waals surface area contributed by atoms with Gasteiger partial charge in [-0.1, -0.05) is 11.8 Å². The van der Waals surface area contributed by atoms with E-state index in [0.717, 1.165) is 5.16 Å². The fourth-order valence-corrected chi connectivity index (χ4v) is 2.07. The maximum absolute atomic E-state index is 10.6. The Hall–Kier alpha value is -1.04. The summed E-state index contributed by atoms with van der Waals surface area (Å²) in [7, 11) is 0. The Morgan fingerprint density at radius 3 is 3.42 bits per heavy atom. The lowest BCUT2D eigenvalue weighted by Gasteiger charge is -2.17. The lowest BCUT2D eigenvalue weighted by molar-refractivity contribution is -0.141. The van der Waals surface area contributed by atoms with Gasteiger partial charge in [-0.3, -0.25) is 4.79 Å². The third kappa shape index (κ3) is 1.18. The molecular formula is C6H7N3O2S. The highest BCUT2D eigenvalue weighted by atomic mass is 32.2. The Kier molecular flexibility index (Phi) is 1.76. The highest BCUT2D eigenvalue weighted by Gasteiger charge is 2.25. The summed E-state index contributed by atoms with van der Waals surface area (Å²) in [5, 5.41) is 13.4. The summed E-state index contributed by atoms with van der Waals surface area (Å²) in [6, 6.07) is 0. The first kappa shape index (κ1) is 7.60. The third-order valence-corrected chi connectivity index (χ3v) is 2.88. The van der Waals surface area contributed by atoms with Crippen molar-refractivity contribution in [2.45, 2.75) is 11.7 Å². The summed E-state index contributed by atoms with van der Waals surface area (Å²) in [6.45, 7) is 0.442. The SMILES string of the molecule is O=C(O)C1CSc2ncnn2C1. The molecule has 12 heavy (non-hydrogen) atoms. The van der Waals surface area contributed by atoms with Gasteiger partial charge in [0, 0.05) is 5.75 Å². The highest BCUT2D eigenvalue weighted by Crippen LogP contribution is 2.24. The molecule has 64 valence electrons. The Morgan fingerprint density at radius 2 is 2.67 bits per heavy atom. The minimum absolute atomic E-state index is 0.329. The van der Waals surface area contributed by atoms with Crippen LogP contribution in [0.25, 0.3) is 0 Å². The molecule has 1 atom stereocenters. The van der Waals surface area contributed by atoms with Gasteiger partial charge in [-0.05, 0) is 0 Å². The topological polar surface area (TPSA) is 68.0 Å². The first-order valence-corrected chi connectivity index (χ1v) is 4.49. The number of carboxylic acid groups (broad SMARTS) is 1. The molecule has 0 saturated carbocycles. The minimum Gasteiger partial charge on any atom is -0.481 e. The van der Waals surface area contributed by atoms with Crippen LogP contribution in [0.1, 0.15) is 0 Å². The Bertz CT molecular complexity index is 311. The van der Waals surface area contributed by atoms with Crippen LogP contribution in [0.4, 0.5) is 0 Å². The number of aromatic nitrogens is 3. The number of nitrogens with zero attached hydrogens (tertiary/aromatic N) is 3. The van der Waals surface area contributed by atoms with Gasteiger partial charge >= 0.3 is 5.97 Å². The molecule has 1 aliphatic rings. The second-order valence-electron chi connectivity index (χ2n) is 2.57. The quantitative estimate of drug-likeness (QED) is 0.671. The molecule has 1 aromatic heterocycles. The van der Waals surface area contributed by atoms with Gasteiger partial charge in [0.25, 0.3) is 0 Å². The first-order valence-electron chi connectivity index (χ1n) is 3.51. The average Bonchev–Trinajstić information content (AvgIpc) is 2.49. The number of carbonyl (C=O) groups is 1. The van der Waals surface area contributed by atoms with Gasteiger partial charge in [-0.25, -0.2) is 9.67 Å². The second-order valence-corrected chi connectivity index (χ2v) is 3.56. The van der Waals surface area contributed by atoms with Crippen LogP contribution in [0.15, 0.2) is 11.5 Å². The zero-order valence-corrected chi connectivity index (χ0v) is 6.99. The van der Waals surface area contributed by atoms with Gasteiger partial charge < -0.3 is 5.11 Å². The number of hydrogen-bond acceptors (Lipinski definition) is 4. The van der Waals surface area contributed by atoms with E-state index in [1.54, 1.807) is 4.68 Å². The predicted octanol–water partition coefficient (Wildman–Crippen LogP) is 0.0846. The van der Waals surface area contributed by atoms with Crippen molar-refractivity contribution >= 4 is 17.7 Å². The van der Waals surface area contributed by atoms with Crippen LogP contribution in [0.2, 0.25) is 0 Å². The van der Waals surface area contributed by atoms with Crippen LogP contribution in [-0.4, -0.2) is 31.6 Å². The molecule has 5 nitrogen and oxygen atoms in total. The van der Waals surface area contributed by atoms with E-state index < -0.39 is 5.97 Å². The number of rotatable bonds is 1. The molecule has 2 heterocycles. The Morgan fingerprint density at radius 1 is 1.83 bits per heavy atom. The van der Waals surface area contributed by atoms with Crippen LogP contribution in [0, 0.1) is 5.92 Å². The summed E-state index contributed by atoms with van der Waals surface area (Å²) in [5.41, 5.74) is 0. The van der Waals surface area contributed by atoms with E-state index in [4.69, 9.17) is 5.11 Å². The van der Waals surface area contributed by atoms with Crippen LogP contribution in [0.3, 0.4) is 0 Å². The Labute approximate surface area is 72.8 Å². The molecule has 0 aliphatic carbocycles. The van der Waals surface area contributed by atoms with E-state index >= 15 is 0 Å². The summed E-state index contributed by atoms with van der Waals surface area (Å²) in [6.07, 6.45) is 1.45. The van der Waals surface area contributed by atoms with Gasteiger partial charge in [-0.15, -0.1) is 0 Å². The lowest BCUT2D eigenvalue weighted by atomic mass is 10.2. The van der Waals surface area contributed by atoms with E-state index in [9.17, 15) is 4.79 Å². The zero-order chi connectivity index (χ0) is 8.55. The molecule has 0 saturated heterocycles. The first-order chi connectivity index (χ1) is 5.77. The van der Waals surface area contributed by atoms with Crippen LogP contribution >= 0.6 is 11.8 Å². The molecule has 0 radical (unpaired) electrons. The molecule has 2 rings (SSSR count). The number of carboxylic acids is 1. The van der Waals surface area contributed by atoms with E-state index in [-0.39, 0.29) is 5.92 Å². The molecule has 1 unspecified atom stereocenters. The molecular weight excluding hydrogens is 178 g/mol. The van der Waals surface area contributed by atoms with Gasteiger partial charge in [0.2, 0.25) is 0 Å². The summed E-state index contributed by atoms with van der Waals surface area (Å²) in [4.78, 5) is 14.6. The normalized spacial score (nSPS) is 21.8. The van der Waals surface area contributed by atoms with Gasteiger partial charge in [0.05, 0.1) is 12.5 Å². The van der Waals surface area contributed by atoms with Crippen LogP contribution in [0.5, 0.6) is 0 Å². The fraction of sp³-hybridized carbons (Fsp3) is 0.500.